The molecule has 4 nitrogen and oxygen atoms in total. The van der Waals surface area contributed by atoms with Crippen LogP contribution in [0, 0.1) is 13.8 Å². The van der Waals surface area contributed by atoms with Gasteiger partial charge in [0.2, 0.25) is 0 Å². The highest BCUT2D eigenvalue weighted by atomic mass is 16.5. The van der Waals surface area contributed by atoms with Gasteiger partial charge in [-0.05, 0) is 49.2 Å². The van der Waals surface area contributed by atoms with E-state index in [1.807, 2.05) is 43.3 Å². The number of ether oxygens (including phenoxy) is 1. The maximum atomic E-state index is 12.1. The molecule has 0 aliphatic heterocycles. The van der Waals surface area contributed by atoms with Crippen molar-refractivity contribution in [3.8, 4) is 5.75 Å². The van der Waals surface area contributed by atoms with Gasteiger partial charge in [0.1, 0.15) is 5.75 Å². The molecule has 0 saturated carbocycles. The molecule has 0 saturated heterocycles. The Bertz CT molecular complexity index is 626. The van der Waals surface area contributed by atoms with Crippen LogP contribution in [-0.4, -0.2) is 36.0 Å². The van der Waals surface area contributed by atoms with Crippen LogP contribution in [0.25, 0.3) is 0 Å². The van der Waals surface area contributed by atoms with Crippen molar-refractivity contribution in [3.63, 3.8) is 0 Å². The Hall–Kier alpha value is -2.36. The number of benzene rings is 1. The predicted octanol–water partition coefficient (Wildman–Crippen LogP) is 2.78. The Morgan fingerprint density at radius 2 is 2.00 bits per heavy atom. The molecule has 1 heterocycles. The number of carbonyl (C=O) groups excluding carboxylic acids is 1. The van der Waals surface area contributed by atoms with Gasteiger partial charge in [-0.1, -0.05) is 12.1 Å². The summed E-state index contributed by atoms with van der Waals surface area (Å²) in [4.78, 5) is 18.0. The topological polar surface area (TPSA) is 42.4 Å². The maximum Gasteiger partial charge on any atom is 0.260 e. The molecule has 0 atom stereocenters. The second-order valence-corrected chi connectivity index (χ2v) is 5.42. The first-order valence-electron chi connectivity index (χ1n) is 7.40. The van der Waals surface area contributed by atoms with E-state index in [0.717, 1.165) is 23.4 Å². The van der Waals surface area contributed by atoms with Crippen molar-refractivity contribution >= 4 is 5.91 Å². The van der Waals surface area contributed by atoms with Gasteiger partial charge in [-0.3, -0.25) is 9.78 Å². The molecule has 0 aliphatic carbocycles. The van der Waals surface area contributed by atoms with E-state index in [9.17, 15) is 4.79 Å². The van der Waals surface area contributed by atoms with Crippen molar-refractivity contribution in [1.29, 1.82) is 0 Å². The summed E-state index contributed by atoms with van der Waals surface area (Å²) >= 11 is 0. The Morgan fingerprint density at radius 3 is 2.68 bits per heavy atom. The van der Waals surface area contributed by atoms with Crippen molar-refractivity contribution in [1.82, 2.24) is 9.88 Å². The average Bonchev–Trinajstić information content (AvgIpc) is 2.54. The molecule has 1 amide bonds. The van der Waals surface area contributed by atoms with Crippen molar-refractivity contribution in [2.75, 3.05) is 20.2 Å². The van der Waals surface area contributed by atoms with Crippen LogP contribution in [0.1, 0.15) is 16.8 Å². The van der Waals surface area contributed by atoms with E-state index in [1.165, 1.54) is 5.56 Å². The van der Waals surface area contributed by atoms with Gasteiger partial charge >= 0.3 is 0 Å². The smallest absolute Gasteiger partial charge is 0.260 e. The van der Waals surface area contributed by atoms with Crippen LogP contribution in [0.5, 0.6) is 5.75 Å². The number of aryl methyl sites for hydroxylation is 2. The number of nitrogens with zero attached hydrogens (tertiary/aromatic N) is 2. The number of carbonyl (C=O) groups is 1. The monoisotopic (exact) mass is 298 g/mol. The van der Waals surface area contributed by atoms with E-state index in [2.05, 4.69) is 11.9 Å². The summed E-state index contributed by atoms with van der Waals surface area (Å²) in [5, 5.41) is 0. The summed E-state index contributed by atoms with van der Waals surface area (Å²) < 4.78 is 5.57. The number of pyridine rings is 1. The molecule has 2 aromatic rings. The van der Waals surface area contributed by atoms with Gasteiger partial charge in [-0.2, -0.15) is 0 Å². The Kier molecular flexibility index (Phi) is 5.53. The molecule has 0 bridgehead atoms. The lowest BCUT2D eigenvalue weighted by molar-refractivity contribution is -0.132. The largest absolute Gasteiger partial charge is 0.484 e. The molecular weight excluding hydrogens is 276 g/mol. The van der Waals surface area contributed by atoms with Crippen LogP contribution in [0.15, 0.2) is 42.6 Å². The van der Waals surface area contributed by atoms with Gasteiger partial charge in [0.15, 0.2) is 6.61 Å². The van der Waals surface area contributed by atoms with Crippen LogP contribution in [0.2, 0.25) is 0 Å². The number of hydrogen-bond donors (Lipinski definition) is 0. The number of rotatable bonds is 6. The van der Waals surface area contributed by atoms with Crippen LogP contribution < -0.4 is 4.74 Å². The third-order valence-corrected chi connectivity index (χ3v) is 3.70. The summed E-state index contributed by atoms with van der Waals surface area (Å²) in [6.45, 7) is 4.77. The van der Waals surface area contributed by atoms with Crippen molar-refractivity contribution in [2.24, 2.45) is 0 Å². The van der Waals surface area contributed by atoms with Crippen molar-refractivity contribution in [3.05, 3.63) is 59.4 Å². The molecule has 1 aromatic carbocycles. The first kappa shape index (κ1) is 16.0. The van der Waals surface area contributed by atoms with Crippen LogP contribution in [-0.2, 0) is 11.2 Å². The van der Waals surface area contributed by atoms with Crippen molar-refractivity contribution < 1.29 is 9.53 Å². The third-order valence-electron chi connectivity index (χ3n) is 3.70. The summed E-state index contributed by atoms with van der Waals surface area (Å²) in [6.07, 6.45) is 2.51. The highest BCUT2D eigenvalue weighted by molar-refractivity contribution is 5.77. The molecule has 116 valence electrons. The standard InChI is InChI=1S/C18H22N2O2/c1-14-7-8-17(12-15(14)2)22-13-18(21)20(3)11-9-16-6-4-5-10-19-16/h4-8,10,12H,9,11,13H2,1-3H3. The maximum absolute atomic E-state index is 12.1. The van der Waals surface area contributed by atoms with E-state index < -0.39 is 0 Å². The number of aromatic nitrogens is 1. The summed E-state index contributed by atoms with van der Waals surface area (Å²) in [5.41, 5.74) is 3.36. The molecule has 22 heavy (non-hydrogen) atoms. The van der Waals surface area contributed by atoms with Crippen LogP contribution in [0.3, 0.4) is 0 Å². The zero-order valence-corrected chi connectivity index (χ0v) is 13.4. The van der Waals surface area contributed by atoms with Gasteiger partial charge in [-0.15, -0.1) is 0 Å². The number of amides is 1. The molecule has 0 N–H and O–H groups in total. The lowest BCUT2D eigenvalue weighted by Crippen LogP contribution is -2.33. The Balaban J connectivity index is 1.79. The SMILES string of the molecule is Cc1ccc(OCC(=O)N(C)CCc2ccccn2)cc1C. The highest BCUT2D eigenvalue weighted by Gasteiger charge is 2.10. The molecule has 1 aromatic heterocycles. The summed E-state index contributed by atoms with van der Waals surface area (Å²) in [6, 6.07) is 11.6. The molecule has 0 unspecified atom stereocenters. The van der Waals surface area contributed by atoms with Gasteiger partial charge in [0, 0.05) is 31.9 Å². The molecule has 0 spiro atoms. The Labute approximate surface area is 131 Å². The van der Waals surface area contributed by atoms with Crippen LogP contribution in [0.4, 0.5) is 0 Å². The molecular formula is C18H22N2O2. The second kappa shape index (κ2) is 7.59. The first-order chi connectivity index (χ1) is 10.6. The minimum absolute atomic E-state index is 0.0332. The molecule has 2 rings (SSSR count). The van der Waals surface area contributed by atoms with Gasteiger partial charge < -0.3 is 9.64 Å². The van der Waals surface area contributed by atoms with Gasteiger partial charge in [0.25, 0.3) is 5.91 Å². The highest BCUT2D eigenvalue weighted by Crippen LogP contribution is 2.16. The lowest BCUT2D eigenvalue weighted by Gasteiger charge is -2.17. The number of hydrogen-bond acceptors (Lipinski definition) is 3. The molecule has 0 fully saturated rings. The van der Waals surface area contributed by atoms with E-state index >= 15 is 0 Å². The third kappa shape index (κ3) is 4.58. The second-order valence-electron chi connectivity index (χ2n) is 5.42. The average molecular weight is 298 g/mol. The zero-order valence-electron chi connectivity index (χ0n) is 13.4. The Morgan fingerprint density at radius 1 is 1.18 bits per heavy atom. The summed E-state index contributed by atoms with van der Waals surface area (Å²) in [5.74, 6) is 0.698. The zero-order chi connectivity index (χ0) is 15.9. The van der Waals surface area contributed by atoms with Gasteiger partial charge in [0.05, 0.1) is 0 Å². The first-order valence-corrected chi connectivity index (χ1v) is 7.40. The molecule has 0 aliphatic rings. The minimum atomic E-state index is -0.0332. The lowest BCUT2D eigenvalue weighted by atomic mass is 10.1. The number of likely N-dealkylation sites (N-methyl/N-ethyl adjacent to an activating group) is 1. The fourth-order valence-electron chi connectivity index (χ4n) is 2.01. The normalized spacial score (nSPS) is 10.3. The minimum Gasteiger partial charge on any atom is -0.484 e. The quantitative estimate of drug-likeness (QED) is 0.823. The fraction of sp³-hybridized carbons (Fsp3) is 0.333. The summed E-state index contributed by atoms with van der Waals surface area (Å²) in [7, 11) is 1.79. The van der Waals surface area contributed by atoms with Crippen LogP contribution >= 0.6 is 0 Å². The molecule has 4 heteroatoms. The van der Waals surface area contributed by atoms with Crippen molar-refractivity contribution in [2.45, 2.75) is 20.3 Å². The van der Waals surface area contributed by atoms with E-state index in [-0.39, 0.29) is 12.5 Å². The predicted molar refractivity (Wildman–Crippen MR) is 87.0 cm³/mol. The van der Waals surface area contributed by atoms with E-state index in [0.29, 0.717) is 6.54 Å². The molecule has 0 radical (unpaired) electrons. The van der Waals surface area contributed by atoms with E-state index in [4.69, 9.17) is 4.74 Å². The van der Waals surface area contributed by atoms with Gasteiger partial charge in [-0.25, -0.2) is 0 Å². The fourth-order valence-corrected chi connectivity index (χ4v) is 2.01. The van der Waals surface area contributed by atoms with E-state index in [1.54, 1.807) is 18.1 Å².